The monoisotopic (exact) mass is 367 g/mol. The highest BCUT2D eigenvalue weighted by Gasteiger charge is 2.25. The Balaban J connectivity index is 2.18. The molecule has 3 heteroatoms. The standard InChI is InChI=1S/C25H20FN2/c1-13-5-6-15(3)23-20(13)18-8-7-14(2)21-24(18)28(23)19-12-17(26)11-16-9-10-27(4)25(21)22(16)19/h5-12H,1-4H3/q+1. The van der Waals surface area contributed by atoms with E-state index in [-0.39, 0.29) is 5.82 Å². The smallest absolute Gasteiger partial charge is 0.224 e. The molecule has 0 aliphatic heterocycles. The molecular weight excluding hydrogens is 347 g/mol. The van der Waals surface area contributed by atoms with Gasteiger partial charge in [-0.3, -0.25) is 0 Å². The first kappa shape index (κ1) is 15.8. The molecule has 0 saturated carbocycles. The fourth-order valence-electron chi connectivity index (χ4n) is 5.13. The third-order valence-corrected chi connectivity index (χ3v) is 6.35. The number of halogens is 1. The van der Waals surface area contributed by atoms with Gasteiger partial charge in [-0.15, -0.1) is 0 Å². The van der Waals surface area contributed by atoms with Gasteiger partial charge in [0.25, 0.3) is 0 Å². The van der Waals surface area contributed by atoms with Crippen LogP contribution in [0.2, 0.25) is 0 Å². The van der Waals surface area contributed by atoms with Crippen LogP contribution in [0.5, 0.6) is 0 Å². The van der Waals surface area contributed by atoms with E-state index in [2.05, 4.69) is 61.1 Å². The Labute approximate surface area is 161 Å². The van der Waals surface area contributed by atoms with E-state index < -0.39 is 0 Å². The number of hydrogen-bond donors (Lipinski definition) is 0. The minimum Gasteiger partial charge on any atom is -0.307 e. The quantitative estimate of drug-likeness (QED) is 0.180. The summed E-state index contributed by atoms with van der Waals surface area (Å²) in [5.74, 6) is -0.196. The zero-order chi connectivity index (χ0) is 19.3. The third-order valence-electron chi connectivity index (χ3n) is 6.35. The topological polar surface area (TPSA) is 8.29 Å². The van der Waals surface area contributed by atoms with Crippen molar-refractivity contribution in [3.8, 4) is 0 Å². The molecule has 0 aliphatic rings. The van der Waals surface area contributed by atoms with E-state index >= 15 is 0 Å². The first-order chi connectivity index (χ1) is 13.5. The summed E-state index contributed by atoms with van der Waals surface area (Å²) in [5.41, 5.74) is 8.18. The molecule has 0 radical (unpaired) electrons. The van der Waals surface area contributed by atoms with Crippen molar-refractivity contribution in [3.63, 3.8) is 0 Å². The van der Waals surface area contributed by atoms with Crippen molar-refractivity contribution in [3.05, 3.63) is 71.2 Å². The van der Waals surface area contributed by atoms with Crippen molar-refractivity contribution in [2.45, 2.75) is 20.8 Å². The Morgan fingerprint density at radius 1 is 0.786 bits per heavy atom. The van der Waals surface area contributed by atoms with Crippen LogP contribution in [0.15, 0.2) is 48.7 Å². The van der Waals surface area contributed by atoms with Gasteiger partial charge in [0.15, 0.2) is 6.20 Å². The number of aromatic nitrogens is 2. The first-order valence-corrected chi connectivity index (χ1v) is 9.64. The summed E-state index contributed by atoms with van der Waals surface area (Å²) in [6, 6.07) is 14.2. The molecule has 0 unspecified atom stereocenters. The van der Waals surface area contributed by atoms with E-state index in [1.54, 1.807) is 12.1 Å². The molecule has 28 heavy (non-hydrogen) atoms. The summed E-state index contributed by atoms with van der Waals surface area (Å²) in [5, 5.41) is 5.82. The number of hydrogen-bond acceptors (Lipinski definition) is 0. The SMILES string of the molecule is Cc1ccc(C)c2c1c1ccc(C)c3c1n2c1cc(F)cc2cc[n+](C)c3c21. The van der Waals surface area contributed by atoms with Crippen LogP contribution in [0, 0.1) is 26.6 Å². The maximum absolute atomic E-state index is 14.6. The highest BCUT2D eigenvalue weighted by atomic mass is 19.1. The van der Waals surface area contributed by atoms with Crippen LogP contribution in [0.4, 0.5) is 4.39 Å². The number of aryl methyl sites for hydroxylation is 4. The zero-order valence-corrected chi connectivity index (χ0v) is 16.4. The second-order valence-electron chi connectivity index (χ2n) is 8.08. The number of rotatable bonds is 0. The van der Waals surface area contributed by atoms with Crippen molar-refractivity contribution in [1.82, 2.24) is 4.40 Å². The van der Waals surface area contributed by atoms with E-state index in [1.807, 2.05) is 12.3 Å². The number of benzene rings is 3. The van der Waals surface area contributed by atoms with Crippen molar-refractivity contribution in [2.24, 2.45) is 7.05 Å². The molecule has 6 rings (SSSR count). The van der Waals surface area contributed by atoms with E-state index in [1.165, 1.54) is 49.4 Å². The van der Waals surface area contributed by atoms with Crippen LogP contribution in [0.25, 0.3) is 49.0 Å². The molecule has 3 heterocycles. The summed E-state index contributed by atoms with van der Waals surface area (Å²) >= 11 is 0. The second-order valence-corrected chi connectivity index (χ2v) is 8.08. The predicted octanol–water partition coefficient (Wildman–Crippen LogP) is 5.88. The molecule has 0 spiro atoms. The summed E-state index contributed by atoms with van der Waals surface area (Å²) < 4.78 is 19.1. The van der Waals surface area contributed by atoms with Crippen molar-refractivity contribution >= 4 is 49.0 Å². The summed E-state index contributed by atoms with van der Waals surface area (Å²) in [4.78, 5) is 0. The average molecular weight is 367 g/mol. The molecule has 136 valence electrons. The van der Waals surface area contributed by atoms with Crippen molar-refractivity contribution < 1.29 is 8.96 Å². The van der Waals surface area contributed by atoms with Crippen LogP contribution < -0.4 is 4.57 Å². The Kier molecular flexibility index (Phi) is 2.82. The van der Waals surface area contributed by atoms with Gasteiger partial charge in [0.1, 0.15) is 12.9 Å². The van der Waals surface area contributed by atoms with Gasteiger partial charge in [0.2, 0.25) is 5.52 Å². The Bertz CT molecular complexity index is 1600. The van der Waals surface area contributed by atoms with Crippen LogP contribution in [0.3, 0.4) is 0 Å². The maximum Gasteiger partial charge on any atom is 0.224 e. The molecule has 0 atom stereocenters. The highest BCUT2D eigenvalue weighted by Crippen LogP contribution is 2.42. The minimum atomic E-state index is -0.196. The van der Waals surface area contributed by atoms with E-state index in [9.17, 15) is 4.39 Å². The Morgan fingerprint density at radius 3 is 2.32 bits per heavy atom. The van der Waals surface area contributed by atoms with Gasteiger partial charge in [-0.1, -0.05) is 24.3 Å². The van der Waals surface area contributed by atoms with Gasteiger partial charge in [0.05, 0.1) is 27.3 Å². The lowest BCUT2D eigenvalue weighted by Crippen LogP contribution is -2.29. The minimum absolute atomic E-state index is 0.196. The Hall–Kier alpha value is -3.20. The van der Waals surface area contributed by atoms with Gasteiger partial charge in [-0.25, -0.2) is 8.96 Å². The van der Waals surface area contributed by atoms with Gasteiger partial charge in [-0.2, -0.15) is 0 Å². The van der Waals surface area contributed by atoms with Gasteiger partial charge < -0.3 is 4.40 Å². The molecule has 0 bridgehead atoms. The lowest BCUT2D eigenvalue weighted by Gasteiger charge is -2.13. The lowest BCUT2D eigenvalue weighted by molar-refractivity contribution is -0.643. The van der Waals surface area contributed by atoms with E-state index in [4.69, 9.17) is 0 Å². The molecule has 0 amide bonds. The normalized spacial score (nSPS) is 12.5. The maximum atomic E-state index is 14.6. The molecule has 0 N–H and O–H groups in total. The average Bonchev–Trinajstić information content (AvgIpc) is 3.02. The van der Waals surface area contributed by atoms with Crippen LogP contribution in [-0.4, -0.2) is 4.40 Å². The molecule has 3 aromatic carbocycles. The van der Waals surface area contributed by atoms with Gasteiger partial charge in [0, 0.05) is 16.8 Å². The summed E-state index contributed by atoms with van der Waals surface area (Å²) in [6.45, 7) is 6.48. The van der Waals surface area contributed by atoms with Crippen molar-refractivity contribution in [2.75, 3.05) is 0 Å². The molecule has 2 nitrogen and oxygen atoms in total. The molecule has 6 aromatic rings. The van der Waals surface area contributed by atoms with Gasteiger partial charge >= 0.3 is 0 Å². The fourth-order valence-corrected chi connectivity index (χ4v) is 5.13. The highest BCUT2D eigenvalue weighted by molar-refractivity contribution is 6.26. The number of nitrogens with zero attached hydrogens (tertiary/aromatic N) is 2. The number of pyridine rings is 2. The van der Waals surface area contributed by atoms with Crippen LogP contribution >= 0.6 is 0 Å². The van der Waals surface area contributed by atoms with E-state index in [0.717, 1.165) is 16.3 Å². The molecule has 0 saturated heterocycles. The Morgan fingerprint density at radius 2 is 1.50 bits per heavy atom. The molecule has 0 aliphatic carbocycles. The number of fused-ring (bicyclic) bond motifs is 5. The van der Waals surface area contributed by atoms with Crippen molar-refractivity contribution in [1.29, 1.82) is 0 Å². The summed E-state index contributed by atoms with van der Waals surface area (Å²) in [6.07, 6.45) is 2.04. The predicted molar refractivity (Wildman–Crippen MR) is 114 cm³/mol. The molecule has 3 aromatic heterocycles. The lowest BCUT2D eigenvalue weighted by atomic mass is 9.99. The zero-order valence-electron chi connectivity index (χ0n) is 16.4. The molecule has 0 fully saturated rings. The second kappa shape index (κ2) is 4.99. The van der Waals surface area contributed by atoms with E-state index in [0.29, 0.717) is 0 Å². The third kappa shape index (κ3) is 1.70. The van der Waals surface area contributed by atoms with Gasteiger partial charge in [-0.05, 0) is 55.0 Å². The molecular formula is C25H20FN2+. The fraction of sp³-hybridized carbons (Fsp3) is 0.160. The largest absolute Gasteiger partial charge is 0.307 e. The van der Waals surface area contributed by atoms with Crippen LogP contribution in [-0.2, 0) is 7.05 Å². The summed E-state index contributed by atoms with van der Waals surface area (Å²) in [7, 11) is 2.08. The first-order valence-electron chi connectivity index (χ1n) is 9.64. The van der Waals surface area contributed by atoms with Crippen LogP contribution in [0.1, 0.15) is 16.7 Å².